The van der Waals surface area contributed by atoms with Crippen LogP contribution in [0.3, 0.4) is 0 Å². The molecule has 0 aromatic heterocycles. The Balaban J connectivity index is 1.21. The van der Waals surface area contributed by atoms with E-state index in [1.807, 2.05) is 0 Å². The molecule has 2 fully saturated rings. The Bertz CT molecular complexity index is 363. The molecule has 8 heteroatoms. The Morgan fingerprint density at radius 2 is 0.733 bits per heavy atom. The van der Waals surface area contributed by atoms with Gasteiger partial charge in [0.1, 0.15) is 0 Å². The van der Waals surface area contributed by atoms with E-state index in [9.17, 15) is 0 Å². The maximum Gasteiger partial charge on any atom is 0.0701 e. The zero-order valence-corrected chi connectivity index (χ0v) is 19.0. The van der Waals surface area contributed by atoms with Crippen LogP contribution >= 0.6 is 0 Å². The number of hydrogen-bond acceptors (Lipinski definition) is 8. The molecule has 30 heavy (non-hydrogen) atoms. The van der Waals surface area contributed by atoms with Gasteiger partial charge in [-0.1, -0.05) is 13.8 Å². The third kappa shape index (κ3) is 9.87. The van der Waals surface area contributed by atoms with Crippen LogP contribution in [0.25, 0.3) is 0 Å². The van der Waals surface area contributed by atoms with Crippen LogP contribution < -0.4 is 0 Å². The van der Waals surface area contributed by atoms with E-state index < -0.39 is 0 Å². The van der Waals surface area contributed by atoms with Crippen molar-refractivity contribution in [1.29, 1.82) is 0 Å². The number of ether oxygens (including phenoxy) is 8. The highest BCUT2D eigenvalue weighted by Gasteiger charge is 2.37. The van der Waals surface area contributed by atoms with Gasteiger partial charge in [-0.25, -0.2) is 0 Å². The van der Waals surface area contributed by atoms with Crippen molar-refractivity contribution in [3.8, 4) is 0 Å². The first-order valence-electron chi connectivity index (χ1n) is 11.4. The van der Waals surface area contributed by atoms with Crippen molar-refractivity contribution < 1.29 is 37.9 Å². The van der Waals surface area contributed by atoms with E-state index >= 15 is 0 Å². The first-order chi connectivity index (χ1) is 14.7. The van der Waals surface area contributed by atoms with Crippen LogP contribution in [-0.2, 0) is 37.9 Å². The lowest BCUT2D eigenvalue weighted by Crippen LogP contribution is -2.45. The molecule has 0 aliphatic carbocycles. The van der Waals surface area contributed by atoms with Crippen molar-refractivity contribution >= 4 is 0 Å². The molecule has 2 rings (SSSR count). The Morgan fingerprint density at radius 3 is 0.933 bits per heavy atom. The van der Waals surface area contributed by atoms with Gasteiger partial charge in [0.25, 0.3) is 0 Å². The van der Waals surface area contributed by atoms with Gasteiger partial charge in [-0.2, -0.15) is 0 Å². The Morgan fingerprint density at radius 1 is 0.467 bits per heavy atom. The zero-order valence-electron chi connectivity index (χ0n) is 19.0. The van der Waals surface area contributed by atoms with Crippen LogP contribution in [0, 0.1) is 10.8 Å². The highest BCUT2D eigenvalue weighted by atomic mass is 16.6. The van der Waals surface area contributed by atoms with Crippen LogP contribution in [-0.4, -0.2) is 106 Å². The van der Waals surface area contributed by atoms with Gasteiger partial charge >= 0.3 is 0 Å². The number of rotatable bonds is 21. The van der Waals surface area contributed by atoms with Crippen molar-refractivity contribution in [1.82, 2.24) is 0 Å². The normalized spacial score (nSPS) is 19.4. The number of hydrogen-bond donors (Lipinski definition) is 0. The molecule has 2 saturated heterocycles. The lowest BCUT2D eigenvalue weighted by Gasteiger charge is -2.40. The van der Waals surface area contributed by atoms with E-state index in [4.69, 9.17) is 37.9 Å². The smallest absolute Gasteiger partial charge is 0.0701 e. The molecular formula is C22H42O8. The van der Waals surface area contributed by atoms with Crippen molar-refractivity contribution in [2.45, 2.75) is 26.7 Å². The average molecular weight is 435 g/mol. The monoisotopic (exact) mass is 434 g/mol. The lowest BCUT2D eigenvalue weighted by atomic mass is 9.84. The van der Waals surface area contributed by atoms with Crippen LogP contribution in [0.15, 0.2) is 0 Å². The Kier molecular flexibility index (Phi) is 13.4. The van der Waals surface area contributed by atoms with Crippen LogP contribution in [0.4, 0.5) is 0 Å². The molecule has 0 aromatic rings. The average Bonchev–Trinajstić information content (AvgIpc) is 2.70. The molecule has 0 saturated carbocycles. The highest BCUT2D eigenvalue weighted by molar-refractivity contribution is 4.84. The van der Waals surface area contributed by atoms with Gasteiger partial charge in [0.15, 0.2) is 0 Å². The summed E-state index contributed by atoms with van der Waals surface area (Å²) in [5.41, 5.74) is 0.483. The summed E-state index contributed by atoms with van der Waals surface area (Å²) in [7, 11) is 0. The van der Waals surface area contributed by atoms with E-state index in [0.717, 1.165) is 52.5 Å². The van der Waals surface area contributed by atoms with E-state index in [2.05, 4.69) is 13.8 Å². The van der Waals surface area contributed by atoms with Gasteiger partial charge in [-0.05, 0) is 12.8 Å². The summed E-state index contributed by atoms with van der Waals surface area (Å²) in [4.78, 5) is 0. The molecule has 0 radical (unpaired) electrons. The predicted molar refractivity (Wildman–Crippen MR) is 112 cm³/mol. The third-order valence-electron chi connectivity index (χ3n) is 5.81. The molecule has 2 aliphatic heterocycles. The highest BCUT2D eigenvalue weighted by Crippen LogP contribution is 2.31. The SMILES string of the molecule is CCC1(COCCOCCOCCOCCOCCOCC2(CC)COC2)COC1. The topological polar surface area (TPSA) is 73.8 Å². The molecule has 2 aliphatic rings. The van der Waals surface area contributed by atoms with Gasteiger partial charge in [0.2, 0.25) is 0 Å². The minimum Gasteiger partial charge on any atom is -0.380 e. The van der Waals surface area contributed by atoms with Gasteiger partial charge < -0.3 is 37.9 Å². The molecule has 0 aromatic carbocycles. The van der Waals surface area contributed by atoms with Gasteiger partial charge in [-0.3, -0.25) is 0 Å². The van der Waals surface area contributed by atoms with Gasteiger partial charge in [0.05, 0.1) is 106 Å². The molecule has 8 nitrogen and oxygen atoms in total. The molecular weight excluding hydrogens is 392 g/mol. The van der Waals surface area contributed by atoms with E-state index in [-0.39, 0.29) is 10.8 Å². The fraction of sp³-hybridized carbons (Fsp3) is 1.00. The standard InChI is InChI=1S/C22H42O8/c1-3-21(17-29-18-21)15-27-13-11-25-9-7-23-5-6-24-8-10-26-12-14-28-16-22(4-2)19-30-20-22/h3-20H2,1-2H3. The van der Waals surface area contributed by atoms with Crippen LogP contribution in [0.5, 0.6) is 0 Å². The lowest BCUT2D eigenvalue weighted by molar-refractivity contribution is -0.153. The first-order valence-corrected chi connectivity index (χ1v) is 11.4. The molecule has 178 valence electrons. The van der Waals surface area contributed by atoms with E-state index in [0.29, 0.717) is 66.1 Å². The van der Waals surface area contributed by atoms with E-state index in [1.54, 1.807) is 0 Å². The fourth-order valence-electron chi connectivity index (χ4n) is 3.14. The molecule has 0 N–H and O–H groups in total. The van der Waals surface area contributed by atoms with Crippen molar-refractivity contribution in [3.63, 3.8) is 0 Å². The maximum atomic E-state index is 5.68. The maximum absolute atomic E-state index is 5.68. The first kappa shape index (κ1) is 25.9. The second-order valence-electron chi connectivity index (χ2n) is 8.25. The summed E-state index contributed by atoms with van der Waals surface area (Å²) in [6.07, 6.45) is 2.19. The largest absolute Gasteiger partial charge is 0.380 e. The predicted octanol–water partition coefficient (Wildman–Crippen LogP) is 1.94. The second-order valence-corrected chi connectivity index (χ2v) is 8.25. The Hall–Kier alpha value is -0.320. The fourth-order valence-corrected chi connectivity index (χ4v) is 3.14. The van der Waals surface area contributed by atoms with Crippen molar-refractivity contribution in [3.05, 3.63) is 0 Å². The van der Waals surface area contributed by atoms with Crippen LogP contribution in [0.2, 0.25) is 0 Å². The molecule has 2 heterocycles. The Labute approximate surface area is 181 Å². The second kappa shape index (κ2) is 15.5. The zero-order chi connectivity index (χ0) is 21.4. The summed E-state index contributed by atoms with van der Waals surface area (Å²) in [5.74, 6) is 0. The minimum atomic E-state index is 0.241. The summed E-state index contributed by atoms with van der Waals surface area (Å²) in [5, 5.41) is 0. The quantitative estimate of drug-likeness (QED) is 0.254. The van der Waals surface area contributed by atoms with Crippen molar-refractivity contribution in [2.75, 3.05) is 106 Å². The summed E-state index contributed by atoms with van der Waals surface area (Å²) >= 11 is 0. The minimum absolute atomic E-state index is 0.241. The van der Waals surface area contributed by atoms with Crippen molar-refractivity contribution in [2.24, 2.45) is 10.8 Å². The van der Waals surface area contributed by atoms with Gasteiger partial charge in [-0.15, -0.1) is 0 Å². The molecule has 0 bridgehead atoms. The molecule has 0 amide bonds. The molecule has 0 unspecified atom stereocenters. The summed E-state index contributed by atoms with van der Waals surface area (Å²) in [6.45, 7) is 14.9. The third-order valence-corrected chi connectivity index (χ3v) is 5.81. The summed E-state index contributed by atoms with van der Waals surface area (Å²) < 4.78 is 43.9. The molecule has 0 spiro atoms. The van der Waals surface area contributed by atoms with Gasteiger partial charge in [0, 0.05) is 10.8 Å². The van der Waals surface area contributed by atoms with E-state index in [1.165, 1.54) is 0 Å². The molecule has 0 atom stereocenters. The van der Waals surface area contributed by atoms with Crippen LogP contribution in [0.1, 0.15) is 26.7 Å². The summed E-state index contributed by atoms with van der Waals surface area (Å²) in [6, 6.07) is 0.